The summed E-state index contributed by atoms with van der Waals surface area (Å²) in [7, 11) is 0. The zero-order chi connectivity index (χ0) is 56.8. The van der Waals surface area contributed by atoms with Crippen molar-refractivity contribution >= 4 is 76.4 Å². The molecule has 17 rings (SSSR count). The minimum absolute atomic E-state index is 0.342. The molecule has 5 heterocycles. The molecule has 0 saturated heterocycles. The fourth-order valence-electron chi connectivity index (χ4n) is 13.2. The fourth-order valence-corrected chi connectivity index (χ4v) is 13.2. The average molecular weight is 1100 g/mol. The highest BCUT2D eigenvalue weighted by Crippen LogP contribution is 2.49. The molecule has 0 aliphatic carbocycles. The van der Waals surface area contributed by atoms with Crippen LogP contribution < -0.4 is 5.63 Å². The Morgan fingerprint density at radius 2 is 0.581 bits per heavy atom. The molecule has 12 aromatic carbocycles. The summed E-state index contributed by atoms with van der Waals surface area (Å²) in [4.78, 5) is 30.1. The van der Waals surface area contributed by atoms with E-state index < -0.39 is 5.63 Å². The Bertz CT molecular complexity index is 5370. The topological polar surface area (TPSA) is 83.7 Å². The van der Waals surface area contributed by atoms with Gasteiger partial charge in [-0.2, -0.15) is 0 Å². The number of hydrogen-bond donors (Lipinski definition) is 0. The lowest BCUT2D eigenvalue weighted by Gasteiger charge is -2.21. The van der Waals surface area contributed by atoms with Gasteiger partial charge in [-0.15, -0.1) is 0 Å². The third-order valence-corrected chi connectivity index (χ3v) is 17.0. The van der Waals surface area contributed by atoms with Gasteiger partial charge in [0.15, 0.2) is 17.5 Å². The summed E-state index contributed by atoms with van der Waals surface area (Å²) in [6.07, 6.45) is 0. The third kappa shape index (κ3) is 7.85. The summed E-state index contributed by atoms with van der Waals surface area (Å²) in [5.41, 5.74) is 17.3. The number of aromatic nitrogens is 6. The summed E-state index contributed by atoms with van der Waals surface area (Å²) < 4.78 is 13.6. The minimum Gasteiger partial charge on any atom is -0.423 e. The van der Waals surface area contributed by atoms with Crippen molar-refractivity contribution in [3.63, 3.8) is 0 Å². The van der Waals surface area contributed by atoms with E-state index in [-0.39, 0.29) is 0 Å². The molecule has 17 aromatic rings. The molecule has 0 saturated carbocycles. The second-order valence-electron chi connectivity index (χ2n) is 21.8. The molecule has 402 valence electrons. The van der Waals surface area contributed by atoms with Gasteiger partial charge in [-0.25, -0.2) is 19.7 Å². The Morgan fingerprint density at radius 1 is 0.267 bits per heavy atom. The van der Waals surface area contributed by atoms with Crippen molar-refractivity contribution < 1.29 is 4.42 Å². The molecule has 86 heavy (non-hydrogen) atoms. The van der Waals surface area contributed by atoms with E-state index in [1.807, 2.05) is 66.7 Å². The first-order chi connectivity index (χ1) is 42.6. The van der Waals surface area contributed by atoms with Crippen molar-refractivity contribution in [3.8, 4) is 84.6 Å². The number of para-hydroxylation sites is 6. The predicted octanol–water partition coefficient (Wildman–Crippen LogP) is 19.3. The van der Waals surface area contributed by atoms with Crippen molar-refractivity contribution in [1.29, 1.82) is 0 Å². The van der Waals surface area contributed by atoms with E-state index in [1.165, 1.54) is 32.3 Å². The first-order valence-electron chi connectivity index (χ1n) is 28.9. The molecule has 8 heteroatoms. The zero-order valence-electron chi connectivity index (χ0n) is 46.2. The lowest BCUT2D eigenvalue weighted by Crippen LogP contribution is -2.05. The van der Waals surface area contributed by atoms with E-state index in [4.69, 9.17) is 19.4 Å². The van der Waals surface area contributed by atoms with Gasteiger partial charge < -0.3 is 18.1 Å². The molecule has 8 nitrogen and oxygen atoms in total. The molecular weight excluding hydrogens is 1050 g/mol. The Morgan fingerprint density at radius 3 is 0.953 bits per heavy atom. The Balaban J connectivity index is 0.958. The van der Waals surface area contributed by atoms with Gasteiger partial charge in [0.05, 0.1) is 33.1 Å². The normalized spacial score (nSPS) is 11.8. The van der Waals surface area contributed by atoms with Crippen LogP contribution in [0.3, 0.4) is 0 Å². The highest BCUT2D eigenvalue weighted by molar-refractivity contribution is 6.15. The highest BCUT2D eigenvalue weighted by atomic mass is 16.4. The van der Waals surface area contributed by atoms with Crippen LogP contribution in [-0.2, 0) is 0 Å². The van der Waals surface area contributed by atoms with Crippen LogP contribution in [0.15, 0.2) is 300 Å². The Labute approximate surface area is 493 Å². The summed E-state index contributed by atoms with van der Waals surface area (Å²) in [6, 6.07) is 101. The van der Waals surface area contributed by atoms with Gasteiger partial charge in [-0.1, -0.05) is 206 Å². The van der Waals surface area contributed by atoms with Crippen LogP contribution >= 0.6 is 0 Å². The van der Waals surface area contributed by atoms with Gasteiger partial charge in [-0.3, -0.25) is 0 Å². The van der Waals surface area contributed by atoms with Crippen LogP contribution in [0.2, 0.25) is 0 Å². The fraction of sp³-hybridized carbons (Fsp3) is 0. The van der Waals surface area contributed by atoms with E-state index in [1.54, 1.807) is 6.07 Å². The molecular formula is C78H48N6O2. The smallest absolute Gasteiger partial charge is 0.336 e. The van der Waals surface area contributed by atoms with Gasteiger partial charge in [0, 0.05) is 83.1 Å². The van der Waals surface area contributed by atoms with Gasteiger partial charge in [0.25, 0.3) is 0 Å². The van der Waals surface area contributed by atoms with Crippen LogP contribution in [0, 0.1) is 0 Å². The molecule has 0 N–H and O–H groups in total. The number of nitrogens with zero attached hydrogens (tertiary/aromatic N) is 6. The molecule has 0 unspecified atom stereocenters. The monoisotopic (exact) mass is 1100 g/mol. The standard InChI is InChI=1S/C78H48N6O2/c85-72-48-64(78-80-76(52-19-3-1-4-20-52)79-77(81-78)53-21-5-2-6-22-53)75-71(86-72)47-63(49-35-41-54(42-36-49)82-65-29-13-7-23-57(65)58-24-8-14-30-66(58)82)73(50-37-43-55(44-38-50)83-67-31-15-9-25-59(67)60-26-10-16-32-68(60)83)74(75)51-39-45-56(46-40-51)84-69-33-17-11-27-61(69)62-28-12-18-34-70(62)84/h1-48H. The molecule has 0 spiro atoms. The van der Waals surface area contributed by atoms with E-state index in [2.05, 4.69) is 232 Å². The number of benzene rings is 12. The van der Waals surface area contributed by atoms with Gasteiger partial charge in [0.1, 0.15) is 5.58 Å². The van der Waals surface area contributed by atoms with E-state index in [9.17, 15) is 4.79 Å². The zero-order valence-corrected chi connectivity index (χ0v) is 46.2. The van der Waals surface area contributed by atoms with Gasteiger partial charge >= 0.3 is 5.63 Å². The van der Waals surface area contributed by atoms with Crippen molar-refractivity contribution in [2.75, 3.05) is 0 Å². The molecule has 5 aromatic heterocycles. The van der Waals surface area contributed by atoms with Crippen LogP contribution in [0.5, 0.6) is 0 Å². The van der Waals surface area contributed by atoms with Crippen LogP contribution in [0.25, 0.3) is 161 Å². The second-order valence-corrected chi connectivity index (χ2v) is 21.8. The minimum atomic E-state index is -0.529. The molecule has 0 aliphatic heterocycles. The summed E-state index contributed by atoms with van der Waals surface area (Å²) in [5, 5.41) is 7.82. The maximum Gasteiger partial charge on any atom is 0.336 e. The lowest BCUT2D eigenvalue weighted by atomic mass is 9.84. The summed E-state index contributed by atoms with van der Waals surface area (Å²) >= 11 is 0. The molecule has 0 bridgehead atoms. The van der Waals surface area contributed by atoms with Crippen LogP contribution in [0.1, 0.15) is 0 Å². The van der Waals surface area contributed by atoms with Crippen molar-refractivity contribution in [2.45, 2.75) is 0 Å². The van der Waals surface area contributed by atoms with Crippen LogP contribution in [-0.4, -0.2) is 28.7 Å². The van der Waals surface area contributed by atoms with Crippen molar-refractivity contribution in [2.24, 2.45) is 0 Å². The van der Waals surface area contributed by atoms with Gasteiger partial charge in [0.2, 0.25) is 0 Å². The van der Waals surface area contributed by atoms with E-state index in [0.29, 0.717) is 34.0 Å². The molecule has 0 amide bonds. The number of rotatable bonds is 9. The molecule has 0 aliphatic rings. The Hall–Kier alpha value is -11.7. The third-order valence-electron chi connectivity index (χ3n) is 17.0. The van der Waals surface area contributed by atoms with Crippen LogP contribution in [0.4, 0.5) is 0 Å². The summed E-state index contributed by atoms with van der Waals surface area (Å²) in [6.45, 7) is 0. The quantitative estimate of drug-likeness (QED) is 0.135. The second kappa shape index (κ2) is 19.7. The largest absolute Gasteiger partial charge is 0.423 e. The van der Waals surface area contributed by atoms with E-state index >= 15 is 0 Å². The molecule has 0 radical (unpaired) electrons. The number of hydrogen-bond acceptors (Lipinski definition) is 5. The van der Waals surface area contributed by atoms with Gasteiger partial charge in [-0.05, 0) is 107 Å². The maximum atomic E-state index is 14.5. The highest BCUT2D eigenvalue weighted by Gasteiger charge is 2.26. The summed E-state index contributed by atoms with van der Waals surface area (Å²) in [5.74, 6) is 1.30. The predicted molar refractivity (Wildman–Crippen MR) is 352 cm³/mol. The van der Waals surface area contributed by atoms with E-state index in [0.717, 1.165) is 94.7 Å². The number of fused-ring (bicyclic) bond motifs is 10. The first-order valence-corrected chi connectivity index (χ1v) is 28.9. The van der Waals surface area contributed by atoms with Crippen molar-refractivity contribution in [1.82, 2.24) is 28.7 Å². The average Bonchev–Trinajstić information content (AvgIpc) is 1.94. The SMILES string of the molecule is O=c1cc(-c2nc(-c3ccccc3)nc(-c3ccccc3)n2)c2c(-c3ccc(-n4c5ccccc5c5ccccc54)cc3)c(-c3ccc(-n4c5ccccc5c5ccccc54)cc3)c(-c3ccc(-n4c5ccccc5c5ccccc54)cc3)cc2o1. The molecule has 0 atom stereocenters. The lowest BCUT2D eigenvalue weighted by molar-refractivity contribution is 0.561. The maximum absolute atomic E-state index is 14.5. The first kappa shape index (κ1) is 48.9. The molecule has 0 fully saturated rings. The Kier molecular flexibility index (Phi) is 11.2. The van der Waals surface area contributed by atoms with Crippen molar-refractivity contribution in [3.05, 3.63) is 302 Å².